The average Bonchev–Trinajstić information content (AvgIpc) is 2.49. The van der Waals surface area contributed by atoms with E-state index in [1.54, 1.807) is 0 Å². The van der Waals surface area contributed by atoms with Gasteiger partial charge >= 0.3 is 0 Å². The summed E-state index contributed by atoms with van der Waals surface area (Å²) in [5, 5.41) is 3.52. The predicted molar refractivity (Wildman–Crippen MR) is 89.5 cm³/mol. The van der Waals surface area contributed by atoms with E-state index in [1.807, 2.05) is 60.7 Å². The van der Waals surface area contributed by atoms with Gasteiger partial charge < -0.3 is 5.32 Å². The molecule has 0 aromatic heterocycles. The lowest BCUT2D eigenvalue weighted by Crippen LogP contribution is -2.09. The Kier molecular flexibility index (Phi) is 5.35. The van der Waals surface area contributed by atoms with E-state index in [-0.39, 0.29) is 5.91 Å². The molecular formula is C18H16ClNO. The highest BCUT2D eigenvalue weighted by Gasteiger charge is 2.02. The minimum Gasteiger partial charge on any atom is -0.322 e. The molecule has 0 aliphatic rings. The first-order chi connectivity index (χ1) is 10.2. The van der Waals surface area contributed by atoms with Gasteiger partial charge in [0.05, 0.1) is 0 Å². The molecule has 0 aliphatic heterocycles. The highest BCUT2D eigenvalue weighted by Crippen LogP contribution is 2.17. The number of hydrogen-bond acceptors (Lipinski definition) is 1. The van der Waals surface area contributed by atoms with Gasteiger partial charge in [0.25, 0.3) is 0 Å². The third-order valence-corrected chi connectivity index (χ3v) is 3.19. The van der Waals surface area contributed by atoms with Crippen LogP contribution < -0.4 is 5.32 Å². The van der Waals surface area contributed by atoms with Crippen molar-refractivity contribution in [2.24, 2.45) is 0 Å². The molecule has 0 atom stereocenters. The maximum atomic E-state index is 11.4. The monoisotopic (exact) mass is 297 g/mol. The van der Waals surface area contributed by atoms with Crippen LogP contribution in [0.25, 0.3) is 6.08 Å². The number of hydrogen-bond donors (Lipinski definition) is 1. The maximum absolute atomic E-state index is 11.4. The summed E-state index contributed by atoms with van der Waals surface area (Å²) in [6.07, 6.45) is 6.04. The third-order valence-electron chi connectivity index (χ3n) is 2.96. The summed E-state index contributed by atoms with van der Waals surface area (Å²) in [6, 6.07) is 15.4. The van der Waals surface area contributed by atoms with Crippen LogP contribution in [0.4, 0.5) is 5.69 Å². The second-order valence-electron chi connectivity index (χ2n) is 4.51. The summed E-state index contributed by atoms with van der Waals surface area (Å²) in [4.78, 5) is 11.4. The quantitative estimate of drug-likeness (QED) is 0.795. The van der Waals surface area contributed by atoms with Crippen LogP contribution in [0.5, 0.6) is 0 Å². The smallest absolute Gasteiger partial charge is 0.247 e. The number of rotatable bonds is 5. The topological polar surface area (TPSA) is 29.1 Å². The molecule has 0 unspecified atom stereocenters. The zero-order chi connectivity index (χ0) is 15.1. The molecule has 2 rings (SSSR count). The van der Waals surface area contributed by atoms with Crippen LogP contribution in [-0.4, -0.2) is 5.91 Å². The zero-order valence-electron chi connectivity index (χ0n) is 11.6. The Balaban J connectivity index is 2.09. The van der Waals surface area contributed by atoms with Gasteiger partial charge in [-0.15, -0.1) is 0 Å². The third kappa shape index (κ3) is 4.62. The fourth-order valence-corrected chi connectivity index (χ4v) is 2.13. The van der Waals surface area contributed by atoms with Crippen molar-refractivity contribution in [1.29, 1.82) is 0 Å². The Labute approximate surface area is 129 Å². The van der Waals surface area contributed by atoms with Crippen LogP contribution in [0, 0.1) is 0 Å². The van der Waals surface area contributed by atoms with Crippen LogP contribution in [0.15, 0.2) is 67.3 Å². The van der Waals surface area contributed by atoms with Crippen LogP contribution in [-0.2, 0) is 11.2 Å². The highest BCUT2D eigenvalue weighted by atomic mass is 35.5. The van der Waals surface area contributed by atoms with E-state index in [9.17, 15) is 4.79 Å². The number of allylic oxidation sites excluding steroid dienone is 1. The van der Waals surface area contributed by atoms with Crippen LogP contribution >= 0.6 is 11.6 Å². The van der Waals surface area contributed by atoms with Gasteiger partial charge in [0, 0.05) is 10.7 Å². The van der Waals surface area contributed by atoms with E-state index >= 15 is 0 Å². The number of carbonyl (C=O) groups excluding carboxylic acids is 1. The van der Waals surface area contributed by atoms with Crippen LogP contribution in [0.3, 0.4) is 0 Å². The number of nitrogens with one attached hydrogen (secondary N) is 1. The van der Waals surface area contributed by atoms with Crippen molar-refractivity contribution in [2.45, 2.75) is 6.42 Å². The molecule has 0 spiro atoms. The molecular weight excluding hydrogens is 282 g/mol. The van der Waals surface area contributed by atoms with Gasteiger partial charge in [-0.3, -0.25) is 4.79 Å². The summed E-state index contributed by atoms with van der Waals surface area (Å²) < 4.78 is 0. The van der Waals surface area contributed by atoms with Crippen molar-refractivity contribution in [3.8, 4) is 0 Å². The SMILES string of the molecule is C=CC(=O)Nc1ccccc1C/C=C/c1cccc(Cl)c1. The zero-order valence-corrected chi connectivity index (χ0v) is 12.3. The Hall–Kier alpha value is -2.32. The lowest BCUT2D eigenvalue weighted by molar-refractivity contribution is -0.111. The summed E-state index contributed by atoms with van der Waals surface area (Å²) >= 11 is 5.95. The molecule has 0 heterocycles. The second-order valence-corrected chi connectivity index (χ2v) is 4.95. The molecule has 2 aromatic rings. The van der Waals surface area contributed by atoms with E-state index in [4.69, 9.17) is 11.6 Å². The Morgan fingerprint density at radius 3 is 2.76 bits per heavy atom. The van der Waals surface area contributed by atoms with Gasteiger partial charge in [-0.2, -0.15) is 0 Å². The standard InChI is InChI=1S/C18H16ClNO/c1-2-18(21)20-17-12-4-3-9-15(17)10-5-7-14-8-6-11-16(19)13-14/h2-9,11-13H,1,10H2,(H,20,21)/b7-5+. The van der Waals surface area contributed by atoms with E-state index in [0.29, 0.717) is 0 Å². The van der Waals surface area contributed by atoms with Crippen LogP contribution in [0.2, 0.25) is 5.02 Å². The number of halogens is 1. The van der Waals surface area contributed by atoms with Gasteiger partial charge in [-0.1, -0.05) is 60.7 Å². The Morgan fingerprint density at radius 2 is 2.00 bits per heavy atom. The minimum atomic E-state index is -0.207. The number of benzene rings is 2. The molecule has 0 bridgehead atoms. The van der Waals surface area contributed by atoms with Gasteiger partial charge in [-0.05, 0) is 41.8 Å². The van der Waals surface area contributed by atoms with Crippen molar-refractivity contribution in [2.75, 3.05) is 5.32 Å². The van der Waals surface area contributed by atoms with E-state index in [2.05, 4.69) is 11.9 Å². The molecule has 0 radical (unpaired) electrons. The number of carbonyl (C=O) groups is 1. The molecule has 0 aliphatic carbocycles. The van der Waals surface area contributed by atoms with Crippen molar-refractivity contribution in [3.63, 3.8) is 0 Å². The van der Waals surface area contributed by atoms with Crippen molar-refractivity contribution in [1.82, 2.24) is 0 Å². The van der Waals surface area contributed by atoms with Gasteiger partial charge in [0.1, 0.15) is 0 Å². The normalized spacial score (nSPS) is 10.5. The maximum Gasteiger partial charge on any atom is 0.247 e. The average molecular weight is 298 g/mol. The molecule has 2 aromatic carbocycles. The largest absolute Gasteiger partial charge is 0.322 e. The minimum absolute atomic E-state index is 0.207. The first-order valence-electron chi connectivity index (χ1n) is 6.62. The Bertz CT molecular complexity index is 676. The molecule has 106 valence electrons. The molecule has 1 amide bonds. The molecule has 3 heteroatoms. The van der Waals surface area contributed by atoms with Gasteiger partial charge in [0.2, 0.25) is 5.91 Å². The van der Waals surface area contributed by atoms with Crippen molar-refractivity contribution < 1.29 is 4.79 Å². The van der Waals surface area contributed by atoms with Gasteiger partial charge in [-0.25, -0.2) is 0 Å². The predicted octanol–water partition coefficient (Wildman–Crippen LogP) is 4.72. The summed E-state index contributed by atoms with van der Waals surface area (Å²) in [6.45, 7) is 3.46. The summed E-state index contributed by atoms with van der Waals surface area (Å²) in [5.74, 6) is -0.207. The number of anilines is 1. The van der Waals surface area contributed by atoms with E-state index in [0.717, 1.165) is 28.3 Å². The molecule has 2 nitrogen and oxygen atoms in total. The summed E-state index contributed by atoms with van der Waals surface area (Å²) in [5.41, 5.74) is 2.90. The molecule has 1 N–H and O–H groups in total. The highest BCUT2D eigenvalue weighted by molar-refractivity contribution is 6.30. The fraction of sp³-hybridized carbons (Fsp3) is 0.0556. The van der Waals surface area contributed by atoms with E-state index in [1.165, 1.54) is 6.08 Å². The molecule has 0 fully saturated rings. The summed E-state index contributed by atoms with van der Waals surface area (Å²) in [7, 11) is 0. The second kappa shape index (κ2) is 7.46. The Morgan fingerprint density at radius 1 is 1.19 bits per heavy atom. The number of para-hydroxylation sites is 1. The molecule has 0 saturated heterocycles. The van der Waals surface area contributed by atoms with Gasteiger partial charge in [0.15, 0.2) is 0 Å². The van der Waals surface area contributed by atoms with Crippen LogP contribution in [0.1, 0.15) is 11.1 Å². The first-order valence-corrected chi connectivity index (χ1v) is 7.00. The fourth-order valence-electron chi connectivity index (χ4n) is 1.94. The number of amides is 1. The van der Waals surface area contributed by atoms with E-state index < -0.39 is 0 Å². The lowest BCUT2D eigenvalue weighted by atomic mass is 10.1. The molecule has 21 heavy (non-hydrogen) atoms. The molecule has 0 saturated carbocycles. The first kappa shape index (κ1) is 15.1. The van der Waals surface area contributed by atoms with Crippen molar-refractivity contribution >= 4 is 29.3 Å². The van der Waals surface area contributed by atoms with Crippen molar-refractivity contribution in [3.05, 3.63) is 83.4 Å². The lowest BCUT2D eigenvalue weighted by Gasteiger charge is -2.07.